The van der Waals surface area contributed by atoms with Crippen molar-refractivity contribution in [3.05, 3.63) is 94.2 Å². The lowest BCUT2D eigenvalue weighted by atomic mass is 9.98. The number of rotatable bonds is 4. The molecule has 1 aliphatic rings. The molecule has 0 saturated carbocycles. The Labute approximate surface area is 220 Å². The Morgan fingerprint density at radius 1 is 0.974 bits per heavy atom. The smallest absolute Gasteiger partial charge is 0.222 e. The standard InChI is InChI=1S/C30H29FN6O/c1-17-12-22(21-6-9-26-27(15-21)35-19(3)34-26)14-23-16-37(10-11-38-28(17)23)29-25(18(2)33-30(32)36-29)13-20-4-7-24(31)8-5-20/h4-9,12,14-15H,10-11,13,16H2,1-3H3,(H,34,35)(H2,32,33,36). The predicted molar refractivity (Wildman–Crippen MR) is 148 cm³/mol. The van der Waals surface area contributed by atoms with Crippen molar-refractivity contribution >= 4 is 22.8 Å². The molecule has 0 saturated heterocycles. The van der Waals surface area contributed by atoms with Crippen LogP contribution in [0.4, 0.5) is 16.2 Å². The van der Waals surface area contributed by atoms with Crippen molar-refractivity contribution in [2.24, 2.45) is 0 Å². The number of hydrogen-bond acceptors (Lipinski definition) is 6. The number of fused-ring (bicyclic) bond motifs is 2. The molecule has 7 nitrogen and oxygen atoms in total. The van der Waals surface area contributed by atoms with Crippen molar-refractivity contribution in [3.8, 4) is 16.9 Å². The SMILES string of the molecule is Cc1nc2cc(-c3cc(C)c4c(c3)CN(c3nc(N)nc(C)c3Cc3ccc(F)cc3)CCO4)ccc2[nH]1. The van der Waals surface area contributed by atoms with Crippen LogP contribution in [-0.2, 0) is 13.0 Å². The number of imidazole rings is 1. The highest BCUT2D eigenvalue weighted by Gasteiger charge is 2.23. The van der Waals surface area contributed by atoms with Crippen LogP contribution in [0.5, 0.6) is 5.75 Å². The van der Waals surface area contributed by atoms with Gasteiger partial charge in [0.1, 0.15) is 29.8 Å². The van der Waals surface area contributed by atoms with E-state index < -0.39 is 0 Å². The van der Waals surface area contributed by atoms with Gasteiger partial charge in [-0.3, -0.25) is 0 Å². The zero-order valence-corrected chi connectivity index (χ0v) is 21.7. The van der Waals surface area contributed by atoms with Crippen molar-refractivity contribution in [1.82, 2.24) is 19.9 Å². The number of anilines is 2. The van der Waals surface area contributed by atoms with E-state index in [9.17, 15) is 4.39 Å². The Hall–Kier alpha value is -4.46. The molecule has 0 spiro atoms. The van der Waals surface area contributed by atoms with Crippen LogP contribution in [0.3, 0.4) is 0 Å². The molecule has 8 heteroatoms. The summed E-state index contributed by atoms with van der Waals surface area (Å²) >= 11 is 0. The third-order valence-corrected chi connectivity index (χ3v) is 7.06. The maximum Gasteiger partial charge on any atom is 0.222 e. The second kappa shape index (κ2) is 9.45. The number of nitrogen functional groups attached to an aromatic ring is 1. The van der Waals surface area contributed by atoms with Crippen LogP contribution >= 0.6 is 0 Å². The van der Waals surface area contributed by atoms with Crippen LogP contribution in [0.15, 0.2) is 54.6 Å². The van der Waals surface area contributed by atoms with E-state index in [4.69, 9.17) is 10.5 Å². The monoisotopic (exact) mass is 508 g/mol. The van der Waals surface area contributed by atoms with Gasteiger partial charge < -0.3 is 20.4 Å². The maximum absolute atomic E-state index is 13.5. The van der Waals surface area contributed by atoms with Crippen molar-refractivity contribution in [2.45, 2.75) is 33.7 Å². The Bertz CT molecular complexity index is 1660. The number of ether oxygens (including phenoxy) is 1. The van der Waals surface area contributed by atoms with E-state index in [0.717, 1.165) is 67.5 Å². The van der Waals surface area contributed by atoms with E-state index in [1.54, 1.807) is 12.1 Å². The summed E-state index contributed by atoms with van der Waals surface area (Å²) in [6.07, 6.45) is 0.577. The summed E-state index contributed by atoms with van der Waals surface area (Å²) in [4.78, 5) is 19.2. The van der Waals surface area contributed by atoms with E-state index in [1.165, 1.54) is 12.1 Å². The topological polar surface area (TPSA) is 93.0 Å². The molecule has 1 aliphatic heterocycles. The van der Waals surface area contributed by atoms with Crippen molar-refractivity contribution in [1.29, 1.82) is 0 Å². The molecule has 3 heterocycles. The number of aromatic nitrogens is 4. The highest BCUT2D eigenvalue weighted by Crippen LogP contribution is 2.36. The minimum atomic E-state index is -0.256. The molecular weight excluding hydrogens is 479 g/mol. The van der Waals surface area contributed by atoms with Crippen molar-refractivity contribution in [2.75, 3.05) is 23.8 Å². The third-order valence-electron chi connectivity index (χ3n) is 7.06. The Morgan fingerprint density at radius 3 is 2.61 bits per heavy atom. The summed E-state index contributed by atoms with van der Waals surface area (Å²) in [5.74, 6) is 2.57. The summed E-state index contributed by atoms with van der Waals surface area (Å²) in [7, 11) is 0. The minimum absolute atomic E-state index is 0.235. The van der Waals surface area contributed by atoms with Gasteiger partial charge in [-0.15, -0.1) is 0 Å². The number of nitrogens with two attached hydrogens (primary N) is 1. The summed E-state index contributed by atoms with van der Waals surface area (Å²) in [5, 5.41) is 0. The molecule has 0 radical (unpaired) electrons. The van der Waals surface area contributed by atoms with E-state index in [2.05, 4.69) is 62.1 Å². The second-order valence-electron chi connectivity index (χ2n) is 9.88. The number of nitrogens with one attached hydrogen (secondary N) is 1. The third kappa shape index (κ3) is 4.53. The molecular formula is C30H29FN6O. The highest BCUT2D eigenvalue weighted by atomic mass is 19.1. The van der Waals surface area contributed by atoms with Gasteiger partial charge in [0, 0.05) is 29.8 Å². The molecule has 0 bridgehead atoms. The molecule has 192 valence electrons. The van der Waals surface area contributed by atoms with E-state index in [1.807, 2.05) is 13.8 Å². The average Bonchev–Trinajstić information content (AvgIpc) is 3.12. The van der Waals surface area contributed by atoms with Crippen LogP contribution < -0.4 is 15.4 Å². The first-order chi connectivity index (χ1) is 18.3. The van der Waals surface area contributed by atoms with Crippen molar-refractivity contribution < 1.29 is 9.13 Å². The van der Waals surface area contributed by atoms with Crippen LogP contribution in [-0.4, -0.2) is 33.1 Å². The van der Waals surface area contributed by atoms with Gasteiger partial charge in [-0.2, -0.15) is 4.98 Å². The summed E-state index contributed by atoms with van der Waals surface area (Å²) in [6, 6.07) is 17.2. The highest BCUT2D eigenvalue weighted by molar-refractivity contribution is 5.82. The lowest BCUT2D eigenvalue weighted by Gasteiger charge is -2.25. The van der Waals surface area contributed by atoms with Crippen LogP contribution in [0, 0.1) is 26.6 Å². The molecule has 0 fully saturated rings. The minimum Gasteiger partial charge on any atom is -0.491 e. The van der Waals surface area contributed by atoms with Crippen LogP contribution in [0.1, 0.15) is 33.8 Å². The zero-order chi connectivity index (χ0) is 26.4. The molecule has 0 amide bonds. The Morgan fingerprint density at radius 2 is 1.79 bits per heavy atom. The van der Waals surface area contributed by atoms with Gasteiger partial charge in [0.25, 0.3) is 0 Å². The van der Waals surface area contributed by atoms with E-state index in [0.29, 0.717) is 26.1 Å². The average molecular weight is 509 g/mol. The number of halogens is 1. The maximum atomic E-state index is 13.5. The fourth-order valence-electron chi connectivity index (χ4n) is 5.25. The van der Waals surface area contributed by atoms with Crippen LogP contribution in [0.25, 0.3) is 22.2 Å². The number of hydrogen-bond donors (Lipinski definition) is 2. The quantitative estimate of drug-likeness (QED) is 0.326. The molecule has 0 unspecified atom stereocenters. The number of aryl methyl sites for hydroxylation is 3. The Balaban J connectivity index is 1.39. The molecule has 5 aromatic rings. The normalized spacial score (nSPS) is 13.3. The summed E-state index contributed by atoms with van der Waals surface area (Å²) in [6.45, 7) is 7.77. The predicted octanol–water partition coefficient (Wildman–Crippen LogP) is 5.66. The van der Waals surface area contributed by atoms with Gasteiger partial charge in [0.05, 0.1) is 17.6 Å². The molecule has 38 heavy (non-hydrogen) atoms. The largest absolute Gasteiger partial charge is 0.491 e. The van der Waals surface area contributed by atoms with Gasteiger partial charge in [0.2, 0.25) is 5.95 Å². The first-order valence-electron chi connectivity index (χ1n) is 12.7. The summed E-state index contributed by atoms with van der Waals surface area (Å²) in [5.41, 5.74) is 15.2. The summed E-state index contributed by atoms with van der Waals surface area (Å²) < 4.78 is 19.8. The second-order valence-corrected chi connectivity index (χ2v) is 9.88. The Kier molecular flexibility index (Phi) is 5.94. The van der Waals surface area contributed by atoms with Crippen molar-refractivity contribution in [3.63, 3.8) is 0 Å². The lowest BCUT2D eigenvalue weighted by molar-refractivity contribution is 0.329. The zero-order valence-electron chi connectivity index (χ0n) is 21.7. The van der Waals surface area contributed by atoms with Gasteiger partial charge in [-0.05, 0) is 79.4 Å². The fraction of sp³-hybridized carbons (Fsp3) is 0.233. The molecule has 6 rings (SSSR count). The van der Waals surface area contributed by atoms with E-state index in [-0.39, 0.29) is 11.8 Å². The van der Waals surface area contributed by atoms with Gasteiger partial charge in [-0.1, -0.05) is 18.2 Å². The number of nitrogens with zero attached hydrogens (tertiary/aromatic N) is 4. The van der Waals surface area contributed by atoms with Gasteiger partial charge in [-0.25, -0.2) is 14.4 Å². The molecule has 2 aromatic heterocycles. The number of benzene rings is 3. The fourth-order valence-corrected chi connectivity index (χ4v) is 5.25. The molecule has 3 N–H and O–H groups in total. The van der Waals surface area contributed by atoms with Crippen LogP contribution in [0.2, 0.25) is 0 Å². The molecule has 3 aromatic carbocycles. The van der Waals surface area contributed by atoms with Gasteiger partial charge >= 0.3 is 0 Å². The van der Waals surface area contributed by atoms with Gasteiger partial charge in [0.15, 0.2) is 0 Å². The first-order valence-corrected chi connectivity index (χ1v) is 12.7. The van der Waals surface area contributed by atoms with E-state index >= 15 is 0 Å². The number of aromatic amines is 1. The molecule has 0 aliphatic carbocycles. The lowest BCUT2D eigenvalue weighted by Crippen LogP contribution is -2.28. The molecule has 0 atom stereocenters. The number of H-pyrrole nitrogens is 1. The first kappa shape index (κ1) is 23.9.